The molecule has 0 saturated carbocycles. The molecule has 138 valence electrons. The SMILES string of the molecule is CC(=O)c1ccc(S(=O)(=O)N(C)CC(=O)Nc2ccc(Br)cc2F)cc1. The molecule has 0 aliphatic carbocycles. The molecule has 0 fully saturated rings. The molecular weight excluding hydrogens is 427 g/mol. The number of likely N-dealkylation sites (N-methyl/N-ethyl adjacent to an activating group) is 1. The van der Waals surface area contributed by atoms with Crippen LogP contribution in [0.4, 0.5) is 10.1 Å². The molecule has 0 aromatic heterocycles. The smallest absolute Gasteiger partial charge is 0.243 e. The monoisotopic (exact) mass is 442 g/mol. The molecule has 0 heterocycles. The molecule has 1 N–H and O–H groups in total. The highest BCUT2D eigenvalue weighted by Gasteiger charge is 2.23. The molecule has 2 aromatic rings. The van der Waals surface area contributed by atoms with Crippen molar-refractivity contribution in [1.29, 1.82) is 0 Å². The lowest BCUT2D eigenvalue weighted by molar-refractivity contribution is -0.116. The predicted octanol–water partition coefficient (Wildman–Crippen LogP) is 3.05. The molecule has 0 atom stereocenters. The second-order valence-corrected chi connectivity index (χ2v) is 8.47. The van der Waals surface area contributed by atoms with Gasteiger partial charge in [-0.1, -0.05) is 28.1 Å². The zero-order valence-corrected chi connectivity index (χ0v) is 16.4. The molecule has 6 nitrogen and oxygen atoms in total. The summed E-state index contributed by atoms with van der Waals surface area (Å²) < 4.78 is 40.1. The molecule has 0 saturated heterocycles. The van der Waals surface area contributed by atoms with Gasteiger partial charge in [0.05, 0.1) is 17.1 Å². The van der Waals surface area contributed by atoms with Crippen LogP contribution in [0.5, 0.6) is 0 Å². The van der Waals surface area contributed by atoms with Crippen LogP contribution >= 0.6 is 15.9 Å². The van der Waals surface area contributed by atoms with Crippen LogP contribution in [0.2, 0.25) is 0 Å². The zero-order valence-electron chi connectivity index (χ0n) is 14.0. The van der Waals surface area contributed by atoms with Gasteiger partial charge in [0.2, 0.25) is 15.9 Å². The minimum atomic E-state index is -3.93. The van der Waals surface area contributed by atoms with E-state index in [-0.39, 0.29) is 16.4 Å². The predicted molar refractivity (Wildman–Crippen MR) is 99.0 cm³/mol. The standard InChI is InChI=1S/C17H16BrFN2O4S/c1-11(22)12-3-6-14(7-4-12)26(24,25)21(2)10-17(23)20-16-8-5-13(18)9-15(16)19/h3-9H,10H2,1-2H3,(H,20,23). The molecule has 26 heavy (non-hydrogen) atoms. The summed E-state index contributed by atoms with van der Waals surface area (Å²) in [6.07, 6.45) is 0. The number of anilines is 1. The molecule has 9 heteroatoms. The molecule has 0 radical (unpaired) electrons. The number of sulfonamides is 1. The molecule has 0 aliphatic heterocycles. The van der Waals surface area contributed by atoms with Gasteiger partial charge < -0.3 is 5.32 Å². The number of carbonyl (C=O) groups excluding carboxylic acids is 2. The zero-order chi connectivity index (χ0) is 19.5. The Kier molecular flexibility index (Phi) is 6.27. The van der Waals surface area contributed by atoms with Crippen LogP contribution in [0.15, 0.2) is 51.8 Å². The lowest BCUT2D eigenvalue weighted by atomic mass is 10.2. The summed E-state index contributed by atoms with van der Waals surface area (Å²) in [6, 6.07) is 9.51. The molecule has 2 rings (SSSR count). The van der Waals surface area contributed by atoms with Crippen LogP contribution in [0.3, 0.4) is 0 Å². The summed E-state index contributed by atoms with van der Waals surface area (Å²) in [5, 5.41) is 2.33. The molecule has 0 bridgehead atoms. The fourth-order valence-electron chi connectivity index (χ4n) is 2.11. The van der Waals surface area contributed by atoms with Gasteiger partial charge in [0.25, 0.3) is 0 Å². The normalized spacial score (nSPS) is 11.4. The van der Waals surface area contributed by atoms with Crippen molar-refractivity contribution in [2.45, 2.75) is 11.8 Å². The lowest BCUT2D eigenvalue weighted by Crippen LogP contribution is -2.35. The Morgan fingerprint density at radius 1 is 1.15 bits per heavy atom. The van der Waals surface area contributed by atoms with Gasteiger partial charge in [-0.05, 0) is 37.3 Å². The van der Waals surface area contributed by atoms with Crippen molar-refractivity contribution in [1.82, 2.24) is 4.31 Å². The number of hydrogen-bond acceptors (Lipinski definition) is 4. The first kappa shape index (κ1) is 20.2. The molecule has 2 aromatic carbocycles. The second kappa shape index (κ2) is 8.07. The Hall–Kier alpha value is -2.10. The van der Waals surface area contributed by atoms with E-state index in [1.165, 1.54) is 50.4 Å². The topological polar surface area (TPSA) is 83.6 Å². The minimum absolute atomic E-state index is 0.0465. The van der Waals surface area contributed by atoms with Crippen molar-refractivity contribution >= 4 is 43.3 Å². The Balaban J connectivity index is 2.10. The summed E-state index contributed by atoms with van der Waals surface area (Å²) in [4.78, 5) is 23.3. The summed E-state index contributed by atoms with van der Waals surface area (Å²) in [6.45, 7) is 0.882. The Morgan fingerprint density at radius 3 is 2.31 bits per heavy atom. The van der Waals surface area contributed by atoms with E-state index >= 15 is 0 Å². The highest BCUT2D eigenvalue weighted by Crippen LogP contribution is 2.20. The summed E-state index contributed by atoms with van der Waals surface area (Å²) in [5.41, 5.74) is 0.338. The molecular formula is C17H16BrFN2O4S. The maximum Gasteiger partial charge on any atom is 0.243 e. The highest BCUT2D eigenvalue weighted by molar-refractivity contribution is 9.10. The first-order valence-corrected chi connectivity index (χ1v) is 9.67. The van der Waals surface area contributed by atoms with Crippen LogP contribution in [-0.2, 0) is 14.8 Å². The number of halogens is 2. The van der Waals surface area contributed by atoms with E-state index in [0.29, 0.717) is 10.0 Å². The second-order valence-electron chi connectivity index (χ2n) is 5.51. The van der Waals surface area contributed by atoms with Crippen LogP contribution < -0.4 is 5.32 Å². The van der Waals surface area contributed by atoms with Crippen molar-refractivity contribution in [3.8, 4) is 0 Å². The number of rotatable bonds is 6. The third-order valence-corrected chi connectivity index (χ3v) is 5.85. The molecule has 0 aliphatic rings. The van der Waals surface area contributed by atoms with Crippen LogP contribution in [0.25, 0.3) is 0 Å². The summed E-state index contributed by atoms with van der Waals surface area (Å²) in [7, 11) is -2.68. The first-order chi connectivity index (χ1) is 12.1. The van der Waals surface area contributed by atoms with Crippen molar-refractivity contribution in [3.63, 3.8) is 0 Å². The van der Waals surface area contributed by atoms with Gasteiger partial charge >= 0.3 is 0 Å². The van der Waals surface area contributed by atoms with Crippen LogP contribution in [0.1, 0.15) is 17.3 Å². The van der Waals surface area contributed by atoms with E-state index < -0.39 is 28.3 Å². The van der Waals surface area contributed by atoms with E-state index in [0.717, 1.165) is 4.31 Å². The van der Waals surface area contributed by atoms with Crippen molar-refractivity contribution in [3.05, 3.63) is 58.3 Å². The van der Waals surface area contributed by atoms with Gasteiger partial charge in [-0.2, -0.15) is 4.31 Å². The van der Waals surface area contributed by atoms with E-state index in [4.69, 9.17) is 0 Å². The number of benzene rings is 2. The third kappa shape index (κ3) is 4.75. The number of ketones is 1. The average Bonchev–Trinajstić information content (AvgIpc) is 2.57. The van der Waals surface area contributed by atoms with Crippen molar-refractivity contribution < 1.29 is 22.4 Å². The van der Waals surface area contributed by atoms with Crippen molar-refractivity contribution in [2.75, 3.05) is 18.9 Å². The van der Waals surface area contributed by atoms with Gasteiger partial charge in [-0.3, -0.25) is 9.59 Å². The fraction of sp³-hybridized carbons (Fsp3) is 0.176. The number of Topliss-reactive ketones (excluding diaryl/α,β-unsaturated/α-hetero) is 1. The van der Waals surface area contributed by atoms with E-state index in [9.17, 15) is 22.4 Å². The Labute approximate surface area is 159 Å². The fourth-order valence-corrected chi connectivity index (χ4v) is 3.57. The number of carbonyl (C=O) groups is 2. The van der Waals surface area contributed by atoms with E-state index in [1.807, 2.05) is 0 Å². The molecule has 0 spiro atoms. The van der Waals surface area contributed by atoms with Gasteiger partial charge in [-0.15, -0.1) is 0 Å². The van der Waals surface area contributed by atoms with Crippen molar-refractivity contribution in [2.24, 2.45) is 0 Å². The van der Waals surface area contributed by atoms with Crippen LogP contribution in [-0.4, -0.2) is 38.0 Å². The Morgan fingerprint density at radius 2 is 1.77 bits per heavy atom. The molecule has 0 unspecified atom stereocenters. The maximum absolute atomic E-state index is 13.7. The van der Waals surface area contributed by atoms with Crippen LogP contribution in [0, 0.1) is 5.82 Å². The molecule has 1 amide bonds. The van der Waals surface area contributed by atoms with Gasteiger partial charge in [-0.25, -0.2) is 12.8 Å². The number of amides is 1. The number of nitrogens with one attached hydrogen (secondary N) is 1. The highest BCUT2D eigenvalue weighted by atomic mass is 79.9. The number of nitrogens with zero attached hydrogens (tertiary/aromatic N) is 1. The van der Waals surface area contributed by atoms with Gasteiger partial charge in [0, 0.05) is 17.1 Å². The van der Waals surface area contributed by atoms with Gasteiger partial charge in [0.15, 0.2) is 5.78 Å². The van der Waals surface area contributed by atoms with Gasteiger partial charge in [0.1, 0.15) is 5.82 Å². The average molecular weight is 443 g/mol. The van der Waals surface area contributed by atoms with E-state index in [1.54, 1.807) is 6.07 Å². The van der Waals surface area contributed by atoms with E-state index in [2.05, 4.69) is 21.2 Å². The summed E-state index contributed by atoms with van der Waals surface area (Å²) in [5.74, 6) is -1.51. The summed E-state index contributed by atoms with van der Waals surface area (Å²) >= 11 is 3.11. The lowest BCUT2D eigenvalue weighted by Gasteiger charge is -2.17. The maximum atomic E-state index is 13.7. The number of hydrogen-bond donors (Lipinski definition) is 1. The third-order valence-electron chi connectivity index (χ3n) is 3.54. The first-order valence-electron chi connectivity index (χ1n) is 7.43. The minimum Gasteiger partial charge on any atom is -0.322 e. The Bertz CT molecular complexity index is 946. The largest absolute Gasteiger partial charge is 0.322 e. The quantitative estimate of drug-likeness (QED) is 0.696.